The molecule has 2 rings (SSSR count). The second kappa shape index (κ2) is 12.5. The van der Waals surface area contributed by atoms with Crippen molar-refractivity contribution in [3.05, 3.63) is 35.4 Å². The Labute approximate surface area is 158 Å². The second-order valence-electron chi connectivity index (χ2n) is 6.25. The van der Waals surface area contributed by atoms with Crippen LogP contribution in [0.15, 0.2) is 24.3 Å². The topological polar surface area (TPSA) is 58.4 Å². The van der Waals surface area contributed by atoms with Gasteiger partial charge in [0.25, 0.3) is 0 Å². The van der Waals surface area contributed by atoms with Crippen LogP contribution in [0.4, 0.5) is 0 Å². The Hall–Kier alpha value is -0.810. The molecule has 6 heteroatoms. The lowest BCUT2D eigenvalue weighted by molar-refractivity contribution is -0.121. The number of carbonyl (C=O) groups is 1. The van der Waals surface area contributed by atoms with Crippen LogP contribution in [0.25, 0.3) is 0 Å². The highest BCUT2D eigenvalue weighted by atomic mass is 35.5. The molecular weight excluding hydrogens is 345 g/mol. The van der Waals surface area contributed by atoms with Crippen LogP contribution in [0.2, 0.25) is 0 Å². The molecule has 0 radical (unpaired) electrons. The predicted octanol–water partition coefficient (Wildman–Crippen LogP) is 3.26. The molecule has 0 aliphatic carbocycles. The van der Waals surface area contributed by atoms with Gasteiger partial charge in [-0.05, 0) is 50.4 Å². The first-order valence-electron chi connectivity index (χ1n) is 8.48. The molecule has 1 saturated heterocycles. The van der Waals surface area contributed by atoms with E-state index in [4.69, 9.17) is 5.73 Å². The Kier molecular flexibility index (Phi) is 12.1. The smallest absolute Gasteiger partial charge is 0.220 e. The summed E-state index contributed by atoms with van der Waals surface area (Å²) in [6.45, 7) is 5.66. The van der Waals surface area contributed by atoms with E-state index in [1.54, 1.807) is 0 Å². The maximum absolute atomic E-state index is 11.8. The number of hydrogen-bond donors (Lipinski definition) is 2. The summed E-state index contributed by atoms with van der Waals surface area (Å²) in [5.74, 6) is 0.0894. The van der Waals surface area contributed by atoms with Gasteiger partial charge < -0.3 is 11.1 Å². The fraction of sp³-hybridized carbons (Fsp3) is 0.611. The van der Waals surface area contributed by atoms with Gasteiger partial charge in [0.1, 0.15) is 0 Å². The fourth-order valence-corrected chi connectivity index (χ4v) is 3.04. The van der Waals surface area contributed by atoms with Crippen molar-refractivity contribution in [2.75, 3.05) is 13.1 Å². The van der Waals surface area contributed by atoms with E-state index in [0.717, 1.165) is 13.0 Å². The Balaban J connectivity index is 0.00000264. The second-order valence-corrected chi connectivity index (χ2v) is 6.25. The molecule has 3 N–H and O–H groups in total. The zero-order valence-electron chi connectivity index (χ0n) is 14.5. The molecular formula is C18H31Cl2N3O. The molecule has 1 unspecified atom stereocenters. The highest BCUT2D eigenvalue weighted by Crippen LogP contribution is 2.20. The zero-order chi connectivity index (χ0) is 15.8. The van der Waals surface area contributed by atoms with E-state index < -0.39 is 0 Å². The molecule has 24 heavy (non-hydrogen) atoms. The zero-order valence-corrected chi connectivity index (χ0v) is 16.1. The summed E-state index contributed by atoms with van der Waals surface area (Å²) in [5, 5.41) is 3.01. The summed E-state index contributed by atoms with van der Waals surface area (Å²) >= 11 is 0. The fourth-order valence-electron chi connectivity index (χ4n) is 3.04. The molecule has 1 amide bonds. The molecule has 1 aliphatic heterocycles. The van der Waals surface area contributed by atoms with Crippen LogP contribution in [-0.2, 0) is 17.9 Å². The summed E-state index contributed by atoms with van der Waals surface area (Å²) in [6, 6.07) is 9.09. The number of benzene rings is 1. The maximum atomic E-state index is 11.8. The number of halogens is 2. The van der Waals surface area contributed by atoms with E-state index in [-0.39, 0.29) is 30.7 Å². The van der Waals surface area contributed by atoms with Gasteiger partial charge in [-0.1, -0.05) is 30.7 Å². The van der Waals surface area contributed by atoms with Crippen molar-refractivity contribution >= 4 is 30.7 Å². The van der Waals surface area contributed by atoms with Crippen LogP contribution in [0.3, 0.4) is 0 Å². The van der Waals surface area contributed by atoms with Crippen molar-refractivity contribution in [3.63, 3.8) is 0 Å². The van der Waals surface area contributed by atoms with Gasteiger partial charge in [-0.3, -0.25) is 9.69 Å². The average Bonchev–Trinajstić information content (AvgIpc) is 2.54. The third kappa shape index (κ3) is 7.39. The highest BCUT2D eigenvalue weighted by molar-refractivity contribution is 5.85. The molecule has 1 aromatic rings. The molecule has 1 atom stereocenters. The first-order valence-corrected chi connectivity index (χ1v) is 8.48. The summed E-state index contributed by atoms with van der Waals surface area (Å²) in [6.07, 6.45) is 5.19. The summed E-state index contributed by atoms with van der Waals surface area (Å²) in [4.78, 5) is 14.3. The Bertz CT molecular complexity index is 485. The van der Waals surface area contributed by atoms with Gasteiger partial charge in [-0.25, -0.2) is 0 Å². The van der Waals surface area contributed by atoms with Crippen molar-refractivity contribution in [2.45, 2.75) is 58.2 Å². The number of likely N-dealkylation sites (tertiary alicyclic amines) is 1. The van der Waals surface area contributed by atoms with E-state index in [1.807, 2.05) is 6.07 Å². The van der Waals surface area contributed by atoms with E-state index >= 15 is 0 Å². The maximum Gasteiger partial charge on any atom is 0.220 e. The normalized spacial score (nSPS) is 17.5. The van der Waals surface area contributed by atoms with Gasteiger partial charge in [0.15, 0.2) is 0 Å². The number of rotatable bonds is 7. The Morgan fingerprint density at radius 3 is 2.62 bits per heavy atom. The molecule has 1 heterocycles. The minimum atomic E-state index is 0. The van der Waals surface area contributed by atoms with Crippen molar-refractivity contribution in [1.29, 1.82) is 0 Å². The average molecular weight is 376 g/mol. The van der Waals surface area contributed by atoms with Crippen molar-refractivity contribution in [3.8, 4) is 0 Å². The number of nitrogens with zero attached hydrogens (tertiary/aromatic N) is 1. The van der Waals surface area contributed by atoms with Crippen LogP contribution in [0.5, 0.6) is 0 Å². The number of amides is 1. The predicted molar refractivity (Wildman–Crippen MR) is 105 cm³/mol. The monoisotopic (exact) mass is 375 g/mol. The SMILES string of the molecule is CC1CCCCN1Cc1ccccc1CNC(=O)CCCN.Cl.Cl. The Morgan fingerprint density at radius 2 is 1.96 bits per heavy atom. The third-order valence-corrected chi connectivity index (χ3v) is 4.52. The summed E-state index contributed by atoms with van der Waals surface area (Å²) < 4.78 is 0. The lowest BCUT2D eigenvalue weighted by Crippen LogP contribution is -2.37. The molecule has 1 aromatic carbocycles. The van der Waals surface area contributed by atoms with E-state index in [9.17, 15) is 4.79 Å². The number of carbonyl (C=O) groups excluding carboxylic acids is 1. The van der Waals surface area contributed by atoms with Gasteiger partial charge in [-0.2, -0.15) is 0 Å². The molecule has 0 bridgehead atoms. The highest BCUT2D eigenvalue weighted by Gasteiger charge is 2.19. The number of piperidine rings is 1. The van der Waals surface area contributed by atoms with Crippen LogP contribution in [0, 0.1) is 0 Å². The van der Waals surface area contributed by atoms with Gasteiger partial charge >= 0.3 is 0 Å². The van der Waals surface area contributed by atoms with Crippen LogP contribution in [0.1, 0.15) is 50.2 Å². The minimum absolute atomic E-state index is 0. The van der Waals surface area contributed by atoms with Gasteiger partial charge in [0.05, 0.1) is 0 Å². The third-order valence-electron chi connectivity index (χ3n) is 4.52. The molecule has 1 aliphatic rings. The Morgan fingerprint density at radius 1 is 1.25 bits per heavy atom. The van der Waals surface area contributed by atoms with Gasteiger partial charge in [0, 0.05) is 25.6 Å². The van der Waals surface area contributed by atoms with Crippen LogP contribution in [-0.4, -0.2) is 29.9 Å². The first-order chi connectivity index (χ1) is 10.7. The summed E-state index contributed by atoms with van der Waals surface area (Å²) in [7, 11) is 0. The van der Waals surface area contributed by atoms with E-state index in [0.29, 0.717) is 25.6 Å². The number of nitrogens with two attached hydrogens (primary N) is 1. The van der Waals surface area contributed by atoms with Crippen molar-refractivity contribution < 1.29 is 4.79 Å². The van der Waals surface area contributed by atoms with Crippen molar-refractivity contribution in [2.24, 2.45) is 5.73 Å². The molecule has 4 nitrogen and oxygen atoms in total. The van der Waals surface area contributed by atoms with Gasteiger partial charge in [-0.15, -0.1) is 24.8 Å². The van der Waals surface area contributed by atoms with E-state index in [1.165, 1.54) is 36.9 Å². The molecule has 138 valence electrons. The quantitative estimate of drug-likeness (QED) is 0.768. The lowest BCUT2D eigenvalue weighted by atomic mass is 10.0. The number of hydrogen-bond acceptors (Lipinski definition) is 3. The van der Waals surface area contributed by atoms with Crippen molar-refractivity contribution in [1.82, 2.24) is 10.2 Å². The summed E-state index contributed by atoms with van der Waals surface area (Å²) in [5.41, 5.74) is 7.99. The van der Waals surface area contributed by atoms with Crippen LogP contribution >= 0.6 is 24.8 Å². The first kappa shape index (κ1) is 23.2. The lowest BCUT2D eigenvalue weighted by Gasteiger charge is -2.33. The molecule has 0 spiro atoms. The van der Waals surface area contributed by atoms with E-state index in [2.05, 4.69) is 35.3 Å². The van der Waals surface area contributed by atoms with Gasteiger partial charge in [0.2, 0.25) is 5.91 Å². The molecule has 1 fully saturated rings. The largest absolute Gasteiger partial charge is 0.352 e. The molecule has 0 aromatic heterocycles. The van der Waals surface area contributed by atoms with Crippen LogP contribution < -0.4 is 11.1 Å². The number of nitrogens with one attached hydrogen (secondary N) is 1. The minimum Gasteiger partial charge on any atom is -0.352 e. The standard InChI is InChI=1S/C18H29N3O.2ClH/c1-15-7-4-5-12-21(15)14-17-9-3-2-8-16(17)13-20-18(22)10-6-11-19;;/h2-3,8-9,15H,4-7,10-14,19H2,1H3,(H,20,22);2*1H. The molecule has 0 saturated carbocycles.